The van der Waals surface area contributed by atoms with Crippen LogP contribution in [0.2, 0.25) is 5.02 Å². The number of ether oxygens (including phenoxy) is 1. The topological polar surface area (TPSA) is 119 Å². The Morgan fingerprint density at radius 3 is 2.55 bits per heavy atom. The maximum atomic E-state index is 14.5. The van der Waals surface area contributed by atoms with Gasteiger partial charge in [0.05, 0.1) is 17.7 Å². The highest BCUT2D eigenvalue weighted by atomic mass is 35.5. The first-order valence-electron chi connectivity index (χ1n) is 8.68. The minimum atomic E-state index is -4.05. The normalized spacial score (nSPS) is 11.2. The molecule has 2 aromatic carbocycles. The van der Waals surface area contributed by atoms with Crippen molar-refractivity contribution < 1.29 is 22.3 Å². The van der Waals surface area contributed by atoms with Crippen molar-refractivity contribution in [2.45, 2.75) is 11.4 Å². The van der Waals surface area contributed by atoms with Crippen molar-refractivity contribution >= 4 is 27.5 Å². The summed E-state index contributed by atoms with van der Waals surface area (Å²) in [6.07, 6.45) is 0. The van der Waals surface area contributed by atoms with Crippen LogP contribution in [-0.4, -0.2) is 31.2 Å². The molecule has 1 aromatic heterocycles. The minimum Gasteiger partial charge on any atom is -0.494 e. The monoisotopic (exact) mass is 466 g/mol. The molecule has 0 radical (unpaired) electrons. The van der Waals surface area contributed by atoms with Crippen molar-refractivity contribution in [1.82, 2.24) is 20.0 Å². The van der Waals surface area contributed by atoms with Crippen molar-refractivity contribution in [3.63, 3.8) is 0 Å². The molecule has 0 atom stereocenters. The molecule has 0 aliphatic rings. The molecule has 12 heteroatoms. The van der Waals surface area contributed by atoms with Crippen molar-refractivity contribution in [3.8, 4) is 17.0 Å². The summed E-state index contributed by atoms with van der Waals surface area (Å²) < 4.78 is 44.6. The Bertz CT molecular complexity index is 1280. The fraction of sp³-hybridized carbons (Fsp3) is 0.105. The maximum Gasteiger partial charge on any atom is 0.267 e. The Morgan fingerprint density at radius 1 is 1.16 bits per heavy atom. The van der Waals surface area contributed by atoms with Gasteiger partial charge in [-0.05, 0) is 42.5 Å². The zero-order valence-corrected chi connectivity index (χ0v) is 17.6. The van der Waals surface area contributed by atoms with Gasteiger partial charge in [0.2, 0.25) is 0 Å². The van der Waals surface area contributed by atoms with Crippen LogP contribution in [0.1, 0.15) is 0 Å². The third kappa shape index (κ3) is 5.26. The molecule has 0 saturated carbocycles. The third-order valence-corrected chi connectivity index (χ3v) is 5.58. The fourth-order valence-corrected chi connectivity index (χ4v) is 3.53. The minimum absolute atomic E-state index is 0.00796. The van der Waals surface area contributed by atoms with Crippen molar-refractivity contribution in [1.29, 1.82) is 0 Å². The number of rotatable bonds is 7. The lowest BCUT2D eigenvalue weighted by atomic mass is 10.1. The molecule has 0 bridgehead atoms. The smallest absolute Gasteiger partial charge is 0.267 e. The maximum absolute atomic E-state index is 14.5. The molecule has 3 aromatic rings. The van der Waals surface area contributed by atoms with Gasteiger partial charge in [-0.25, -0.2) is 17.5 Å². The quantitative estimate of drug-likeness (QED) is 0.512. The second-order valence-corrected chi connectivity index (χ2v) is 8.26. The van der Waals surface area contributed by atoms with E-state index in [0.717, 1.165) is 10.7 Å². The van der Waals surface area contributed by atoms with Crippen LogP contribution in [0.4, 0.5) is 4.39 Å². The number of nitrogens with one attached hydrogen (secondary N) is 2. The Kier molecular flexibility index (Phi) is 6.68. The van der Waals surface area contributed by atoms with Crippen LogP contribution in [0.5, 0.6) is 5.75 Å². The Morgan fingerprint density at radius 2 is 1.87 bits per heavy atom. The van der Waals surface area contributed by atoms with E-state index in [9.17, 15) is 22.4 Å². The zero-order valence-electron chi connectivity index (χ0n) is 16.0. The van der Waals surface area contributed by atoms with E-state index in [2.05, 4.69) is 5.10 Å². The summed E-state index contributed by atoms with van der Waals surface area (Å²) >= 11 is 5.72. The Labute approximate surface area is 181 Å². The number of sulfonamides is 1. The SMILES string of the molecule is COc1cccc(-c2ccc(=O)n(CC(=O)NNS(=O)(=O)c3ccc(Cl)cc3)n2)c1F. The molecule has 9 nitrogen and oxygen atoms in total. The number of aromatic nitrogens is 2. The number of hydrogen-bond donors (Lipinski definition) is 2. The molecule has 0 unspecified atom stereocenters. The highest BCUT2D eigenvalue weighted by molar-refractivity contribution is 7.89. The zero-order chi connectivity index (χ0) is 22.6. The van der Waals surface area contributed by atoms with E-state index < -0.39 is 33.9 Å². The standard InChI is InChI=1S/C19H16ClFN4O5S/c1-30-16-4-2-3-14(19(16)21)15-9-10-18(27)25(23-15)11-17(26)22-24-31(28,29)13-7-5-12(20)6-8-13/h2-10,24H,11H2,1H3,(H,22,26). The van der Waals surface area contributed by atoms with E-state index in [1.807, 2.05) is 10.3 Å². The number of hydrazine groups is 1. The van der Waals surface area contributed by atoms with Crippen LogP contribution in [0, 0.1) is 5.82 Å². The van der Waals surface area contributed by atoms with Gasteiger partial charge in [0.15, 0.2) is 11.6 Å². The van der Waals surface area contributed by atoms with Gasteiger partial charge in [-0.3, -0.25) is 15.0 Å². The number of benzene rings is 2. The number of carbonyl (C=O) groups excluding carboxylic acids is 1. The molecule has 0 saturated heterocycles. The van der Waals surface area contributed by atoms with Crippen LogP contribution in [0.15, 0.2) is 64.3 Å². The summed E-state index contributed by atoms with van der Waals surface area (Å²) in [7, 11) is -2.74. The summed E-state index contributed by atoms with van der Waals surface area (Å²) in [5.74, 6) is -1.55. The second kappa shape index (κ2) is 9.25. The van der Waals surface area contributed by atoms with Crippen LogP contribution in [0.25, 0.3) is 11.3 Å². The predicted octanol–water partition coefficient (Wildman–Crippen LogP) is 1.72. The van der Waals surface area contributed by atoms with E-state index in [4.69, 9.17) is 16.3 Å². The van der Waals surface area contributed by atoms with Gasteiger partial charge in [-0.2, -0.15) is 5.10 Å². The average Bonchev–Trinajstić information content (AvgIpc) is 2.74. The average molecular weight is 467 g/mol. The number of methoxy groups -OCH3 is 1. The molecule has 31 heavy (non-hydrogen) atoms. The molecular weight excluding hydrogens is 451 g/mol. The number of halogens is 2. The van der Waals surface area contributed by atoms with Gasteiger partial charge in [-0.1, -0.05) is 17.7 Å². The first kappa shape index (κ1) is 22.4. The van der Waals surface area contributed by atoms with Crippen LogP contribution in [0.3, 0.4) is 0 Å². The highest BCUT2D eigenvalue weighted by Gasteiger charge is 2.17. The summed E-state index contributed by atoms with van der Waals surface area (Å²) in [6, 6.07) is 12.1. The summed E-state index contributed by atoms with van der Waals surface area (Å²) in [6.45, 7) is -0.610. The molecule has 0 aliphatic heterocycles. The molecule has 0 fully saturated rings. The van der Waals surface area contributed by atoms with E-state index in [1.54, 1.807) is 6.07 Å². The van der Waals surface area contributed by atoms with Crippen LogP contribution >= 0.6 is 11.6 Å². The van der Waals surface area contributed by atoms with Gasteiger partial charge in [0, 0.05) is 16.7 Å². The molecule has 3 rings (SSSR count). The lowest BCUT2D eigenvalue weighted by molar-refractivity contribution is -0.122. The molecular formula is C19H16ClFN4O5S. The third-order valence-electron chi connectivity index (χ3n) is 4.07. The van der Waals surface area contributed by atoms with Gasteiger partial charge in [-0.15, -0.1) is 4.83 Å². The largest absolute Gasteiger partial charge is 0.494 e. The predicted molar refractivity (Wildman–Crippen MR) is 110 cm³/mol. The van der Waals surface area contributed by atoms with Crippen molar-refractivity contribution in [2.75, 3.05) is 7.11 Å². The first-order valence-corrected chi connectivity index (χ1v) is 10.5. The first-order chi connectivity index (χ1) is 14.7. The van der Waals surface area contributed by atoms with E-state index in [1.165, 1.54) is 49.6 Å². The number of hydrogen-bond acceptors (Lipinski definition) is 6. The van der Waals surface area contributed by atoms with Crippen LogP contribution < -0.4 is 20.6 Å². The van der Waals surface area contributed by atoms with Gasteiger partial charge < -0.3 is 4.74 Å². The van der Waals surface area contributed by atoms with Crippen molar-refractivity contribution in [3.05, 3.63) is 75.8 Å². The molecule has 1 amide bonds. The summed E-state index contributed by atoms with van der Waals surface area (Å²) in [5.41, 5.74) is 1.52. The summed E-state index contributed by atoms with van der Waals surface area (Å²) in [4.78, 5) is 26.0. The number of nitrogens with zero attached hydrogens (tertiary/aromatic N) is 2. The number of amides is 1. The fourth-order valence-electron chi connectivity index (χ4n) is 2.54. The highest BCUT2D eigenvalue weighted by Crippen LogP contribution is 2.27. The molecule has 0 aliphatic carbocycles. The molecule has 2 N–H and O–H groups in total. The summed E-state index contributed by atoms with van der Waals surface area (Å²) in [5, 5.41) is 4.33. The molecule has 0 spiro atoms. The Balaban J connectivity index is 1.75. The van der Waals surface area contributed by atoms with Gasteiger partial charge >= 0.3 is 0 Å². The van der Waals surface area contributed by atoms with Crippen LogP contribution in [-0.2, 0) is 21.4 Å². The second-order valence-electron chi connectivity index (χ2n) is 6.14. The lowest BCUT2D eigenvalue weighted by Gasteiger charge is -2.11. The molecule has 162 valence electrons. The van der Waals surface area contributed by atoms with Gasteiger partial charge in [0.1, 0.15) is 6.54 Å². The van der Waals surface area contributed by atoms with E-state index >= 15 is 0 Å². The molecule has 1 heterocycles. The lowest BCUT2D eigenvalue weighted by Crippen LogP contribution is -2.44. The number of carbonyl (C=O) groups is 1. The Hall–Kier alpha value is -3.28. The van der Waals surface area contributed by atoms with E-state index in [0.29, 0.717) is 5.02 Å². The van der Waals surface area contributed by atoms with Crippen molar-refractivity contribution in [2.24, 2.45) is 0 Å². The van der Waals surface area contributed by atoms with E-state index in [-0.39, 0.29) is 21.9 Å². The van der Waals surface area contributed by atoms with Gasteiger partial charge in [0.25, 0.3) is 21.5 Å².